The molecule has 0 aliphatic heterocycles. The van der Waals surface area contributed by atoms with Crippen LogP contribution in [-0.4, -0.2) is 11.2 Å². The van der Waals surface area contributed by atoms with Gasteiger partial charge in [-0.15, -0.1) is 0 Å². The van der Waals surface area contributed by atoms with E-state index >= 15 is 0 Å². The summed E-state index contributed by atoms with van der Waals surface area (Å²) in [5.41, 5.74) is 6.03. The van der Waals surface area contributed by atoms with E-state index in [1.807, 2.05) is 0 Å². The summed E-state index contributed by atoms with van der Waals surface area (Å²) < 4.78 is 12.8. The van der Waals surface area contributed by atoms with Gasteiger partial charge in [0.25, 0.3) is 0 Å². The zero-order valence-corrected chi connectivity index (χ0v) is 7.92. The molecule has 0 aliphatic carbocycles. The van der Waals surface area contributed by atoms with Crippen molar-refractivity contribution in [3.8, 4) is 0 Å². The number of rotatable bonds is 2. The fourth-order valence-corrected chi connectivity index (χ4v) is 1.27. The Kier molecular flexibility index (Phi) is 3.25. The molecule has 2 nitrogen and oxygen atoms in total. The third-order valence-electron chi connectivity index (χ3n) is 1.84. The van der Waals surface area contributed by atoms with E-state index in [1.165, 1.54) is 25.1 Å². The Bertz CT molecular complexity index is 304. The average molecular weight is 204 g/mol. The lowest BCUT2D eigenvalue weighted by Crippen LogP contribution is -2.23. The molecule has 3 N–H and O–H groups in total. The van der Waals surface area contributed by atoms with Crippen LogP contribution in [0.3, 0.4) is 0 Å². The summed E-state index contributed by atoms with van der Waals surface area (Å²) in [6.07, 6.45) is -0.751. The number of nitrogens with two attached hydrogens (primary N) is 1. The predicted octanol–water partition coefficient (Wildman–Crippen LogP) is 1.86. The second-order valence-corrected chi connectivity index (χ2v) is 3.34. The third-order valence-corrected chi connectivity index (χ3v) is 2.18. The molecule has 0 fully saturated rings. The summed E-state index contributed by atoms with van der Waals surface area (Å²) in [5, 5.41) is 9.55. The summed E-state index contributed by atoms with van der Waals surface area (Å²) in [6, 6.07) is 3.26. The van der Waals surface area contributed by atoms with Gasteiger partial charge in [0.05, 0.1) is 12.1 Å². The first-order valence-electron chi connectivity index (χ1n) is 3.91. The molecule has 1 aromatic rings. The fourth-order valence-electron chi connectivity index (χ4n) is 1.03. The fraction of sp³-hybridized carbons (Fsp3) is 0.333. The molecule has 13 heavy (non-hydrogen) atoms. The number of aliphatic hydroxyl groups excluding tert-OH is 1. The van der Waals surface area contributed by atoms with E-state index in [-0.39, 0.29) is 0 Å². The van der Waals surface area contributed by atoms with Gasteiger partial charge in [-0.3, -0.25) is 0 Å². The highest BCUT2D eigenvalue weighted by molar-refractivity contribution is 6.31. The van der Waals surface area contributed by atoms with Gasteiger partial charge in [0.15, 0.2) is 0 Å². The monoisotopic (exact) mass is 203 g/mol. The molecule has 0 bridgehead atoms. The van der Waals surface area contributed by atoms with Crippen LogP contribution in [-0.2, 0) is 0 Å². The highest BCUT2D eigenvalue weighted by atomic mass is 35.5. The maximum Gasteiger partial charge on any atom is 0.123 e. The van der Waals surface area contributed by atoms with E-state index in [0.717, 1.165) is 0 Å². The second-order valence-electron chi connectivity index (χ2n) is 2.93. The molecule has 2 unspecified atom stereocenters. The maximum atomic E-state index is 12.8. The molecule has 72 valence electrons. The van der Waals surface area contributed by atoms with Crippen molar-refractivity contribution in [3.05, 3.63) is 34.6 Å². The lowest BCUT2D eigenvalue weighted by molar-refractivity contribution is 0.164. The molecule has 0 saturated heterocycles. The van der Waals surface area contributed by atoms with Gasteiger partial charge in [0.2, 0.25) is 0 Å². The van der Waals surface area contributed by atoms with Crippen molar-refractivity contribution in [1.29, 1.82) is 0 Å². The zero-order valence-electron chi connectivity index (χ0n) is 7.17. The minimum absolute atomic E-state index is 0.370. The smallest absolute Gasteiger partial charge is 0.123 e. The van der Waals surface area contributed by atoms with Crippen molar-refractivity contribution in [2.45, 2.75) is 19.1 Å². The van der Waals surface area contributed by atoms with Gasteiger partial charge in [-0.05, 0) is 30.7 Å². The Morgan fingerprint density at radius 1 is 1.54 bits per heavy atom. The lowest BCUT2D eigenvalue weighted by Gasteiger charge is -2.16. The Morgan fingerprint density at radius 2 is 2.15 bits per heavy atom. The number of halogens is 2. The van der Waals surface area contributed by atoms with Crippen LogP contribution in [0, 0.1) is 5.82 Å². The molecule has 0 aliphatic rings. The van der Waals surface area contributed by atoms with Crippen molar-refractivity contribution in [2.24, 2.45) is 5.73 Å². The van der Waals surface area contributed by atoms with E-state index < -0.39 is 18.0 Å². The Labute approximate surface area is 81.1 Å². The first-order chi connectivity index (χ1) is 6.02. The molecule has 1 rings (SSSR count). The van der Waals surface area contributed by atoms with Crippen molar-refractivity contribution >= 4 is 11.6 Å². The summed E-state index contributed by atoms with van der Waals surface area (Å²) in [4.78, 5) is 0. The first kappa shape index (κ1) is 10.4. The van der Waals surface area contributed by atoms with E-state index in [4.69, 9.17) is 17.3 Å². The maximum absolute atomic E-state index is 12.8. The van der Waals surface area contributed by atoms with Gasteiger partial charge in [0.1, 0.15) is 5.82 Å². The molecular weight excluding hydrogens is 193 g/mol. The van der Waals surface area contributed by atoms with Crippen molar-refractivity contribution in [3.63, 3.8) is 0 Å². The third kappa shape index (κ3) is 2.40. The van der Waals surface area contributed by atoms with Crippen LogP contribution < -0.4 is 5.73 Å². The SMILES string of the molecule is CC(O)C(N)c1cc(F)ccc1Cl. The number of benzene rings is 1. The van der Waals surface area contributed by atoms with Crippen LogP contribution in [0.1, 0.15) is 18.5 Å². The van der Waals surface area contributed by atoms with Gasteiger partial charge in [-0.1, -0.05) is 11.6 Å². The van der Waals surface area contributed by atoms with Crippen LogP contribution >= 0.6 is 11.6 Å². The zero-order chi connectivity index (χ0) is 10.0. The minimum Gasteiger partial charge on any atom is -0.391 e. The van der Waals surface area contributed by atoms with Crippen molar-refractivity contribution < 1.29 is 9.50 Å². The largest absolute Gasteiger partial charge is 0.391 e. The Balaban J connectivity index is 3.05. The van der Waals surface area contributed by atoms with Gasteiger partial charge in [-0.25, -0.2) is 4.39 Å². The van der Waals surface area contributed by atoms with Crippen molar-refractivity contribution in [2.75, 3.05) is 0 Å². The quantitative estimate of drug-likeness (QED) is 0.771. The molecule has 0 spiro atoms. The number of aliphatic hydroxyl groups is 1. The predicted molar refractivity (Wildman–Crippen MR) is 50.0 cm³/mol. The van der Waals surface area contributed by atoms with Crippen LogP contribution in [0.15, 0.2) is 18.2 Å². The molecule has 2 atom stereocenters. The van der Waals surface area contributed by atoms with E-state index in [0.29, 0.717) is 10.6 Å². The lowest BCUT2D eigenvalue weighted by atomic mass is 10.0. The van der Waals surface area contributed by atoms with Crippen molar-refractivity contribution in [1.82, 2.24) is 0 Å². The summed E-state index contributed by atoms with van der Waals surface area (Å²) >= 11 is 5.78. The first-order valence-corrected chi connectivity index (χ1v) is 4.28. The van der Waals surface area contributed by atoms with E-state index in [1.54, 1.807) is 0 Å². The average Bonchev–Trinajstić information content (AvgIpc) is 2.08. The van der Waals surface area contributed by atoms with Gasteiger partial charge < -0.3 is 10.8 Å². The van der Waals surface area contributed by atoms with E-state index in [9.17, 15) is 9.50 Å². The summed E-state index contributed by atoms with van der Waals surface area (Å²) in [5.74, 6) is -0.407. The van der Waals surface area contributed by atoms with Crippen LogP contribution in [0.5, 0.6) is 0 Å². The molecule has 0 aromatic heterocycles. The molecule has 0 heterocycles. The summed E-state index contributed by atoms with van der Waals surface area (Å²) in [6.45, 7) is 1.53. The normalized spacial score (nSPS) is 15.5. The Morgan fingerprint density at radius 3 is 2.69 bits per heavy atom. The topological polar surface area (TPSA) is 46.2 Å². The van der Waals surface area contributed by atoms with Gasteiger partial charge >= 0.3 is 0 Å². The minimum atomic E-state index is -0.751. The second kappa shape index (κ2) is 4.05. The van der Waals surface area contributed by atoms with Gasteiger partial charge in [-0.2, -0.15) is 0 Å². The molecule has 4 heteroatoms. The highest BCUT2D eigenvalue weighted by Crippen LogP contribution is 2.24. The summed E-state index contributed by atoms with van der Waals surface area (Å²) in [7, 11) is 0. The molecule has 0 saturated carbocycles. The van der Waals surface area contributed by atoms with E-state index in [2.05, 4.69) is 0 Å². The standard InChI is InChI=1S/C9H11ClFNO/c1-5(13)9(12)7-4-6(11)2-3-8(7)10/h2-5,9,13H,12H2,1H3. The molecule has 1 aromatic carbocycles. The number of hydrogen-bond acceptors (Lipinski definition) is 2. The molecule has 0 radical (unpaired) electrons. The highest BCUT2D eigenvalue weighted by Gasteiger charge is 2.15. The van der Waals surface area contributed by atoms with Crippen LogP contribution in [0.2, 0.25) is 5.02 Å². The molecular formula is C9H11ClFNO. The molecule has 0 amide bonds. The van der Waals surface area contributed by atoms with Crippen LogP contribution in [0.4, 0.5) is 4.39 Å². The van der Waals surface area contributed by atoms with Crippen LogP contribution in [0.25, 0.3) is 0 Å². The van der Waals surface area contributed by atoms with Gasteiger partial charge in [0, 0.05) is 5.02 Å². The number of hydrogen-bond donors (Lipinski definition) is 2. The Hall–Kier alpha value is -0.640.